The zero-order valence-corrected chi connectivity index (χ0v) is 15.5. The zero-order chi connectivity index (χ0) is 14.3. The van der Waals surface area contributed by atoms with Crippen molar-refractivity contribution >= 4 is 39.8 Å². The van der Waals surface area contributed by atoms with Crippen molar-refractivity contribution in [3.8, 4) is 0 Å². The molecule has 1 rings (SSSR count). The fourth-order valence-electron chi connectivity index (χ4n) is 1.82. The number of nitrogens with zero attached hydrogens (tertiary/aromatic N) is 2. The molecule has 0 aromatic heterocycles. The maximum absolute atomic E-state index is 11.3. The average molecular weight is 418 g/mol. The summed E-state index contributed by atoms with van der Waals surface area (Å²) in [5.41, 5.74) is 5.74. The summed E-state index contributed by atoms with van der Waals surface area (Å²) in [6.45, 7) is 7.81. The van der Waals surface area contributed by atoms with Crippen LogP contribution in [0.2, 0.25) is 0 Å². The van der Waals surface area contributed by atoms with E-state index < -0.39 is 9.84 Å². The van der Waals surface area contributed by atoms with Crippen LogP contribution in [-0.4, -0.2) is 63.5 Å². The molecule has 0 aliphatic carbocycles. The van der Waals surface area contributed by atoms with Crippen LogP contribution in [0.5, 0.6) is 0 Å². The van der Waals surface area contributed by atoms with Crippen LogP contribution in [0.25, 0.3) is 0 Å². The lowest BCUT2D eigenvalue weighted by Gasteiger charge is -2.26. The third-order valence-electron chi connectivity index (χ3n) is 3.16. The van der Waals surface area contributed by atoms with Gasteiger partial charge in [-0.15, -0.1) is 24.0 Å². The molecule has 0 radical (unpaired) electrons. The van der Waals surface area contributed by atoms with E-state index in [0.29, 0.717) is 31.5 Å². The van der Waals surface area contributed by atoms with Gasteiger partial charge in [-0.25, -0.2) is 8.42 Å². The maximum Gasteiger partial charge on any atom is 0.188 e. The summed E-state index contributed by atoms with van der Waals surface area (Å²) in [4.78, 5) is 6.37. The minimum atomic E-state index is -2.79. The summed E-state index contributed by atoms with van der Waals surface area (Å²) in [5, 5.41) is 3.06. The van der Waals surface area contributed by atoms with E-state index in [0.717, 1.165) is 19.5 Å². The molecule has 0 unspecified atom stereocenters. The summed E-state index contributed by atoms with van der Waals surface area (Å²) < 4.78 is 22.5. The molecule has 0 aromatic rings. The van der Waals surface area contributed by atoms with Crippen molar-refractivity contribution in [2.75, 3.05) is 44.2 Å². The minimum Gasteiger partial charge on any atom is -0.370 e. The van der Waals surface area contributed by atoms with Gasteiger partial charge >= 0.3 is 0 Å². The molecule has 20 heavy (non-hydrogen) atoms. The van der Waals surface area contributed by atoms with Gasteiger partial charge in [0.05, 0.1) is 11.5 Å². The van der Waals surface area contributed by atoms with Gasteiger partial charge in [0.1, 0.15) is 0 Å². The Balaban J connectivity index is 0.00000361. The van der Waals surface area contributed by atoms with Crippen molar-refractivity contribution in [1.29, 1.82) is 0 Å². The Kier molecular flexibility index (Phi) is 9.73. The molecule has 1 aliphatic rings. The van der Waals surface area contributed by atoms with Crippen LogP contribution in [0, 0.1) is 5.92 Å². The highest BCUT2D eigenvalue weighted by molar-refractivity contribution is 14.0. The second kappa shape index (κ2) is 9.78. The van der Waals surface area contributed by atoms with Gasteiger partial charge in [0.25, 0.3) is 0 Å². The third kappa shape index (κ3) is 8.96. The monoisotopic (exact) mass is 418 g/mol. The lowest BCUT2D eigenvalue weighted by atomic mass is 10.1. The summed E-state index contributed by atoms with van der Waals surface area (Å²) in [7, 11) is -2.79. The molecular formula is C12H27IN4O2S. The van der Waals surface area contributed by atoms with Gasteiger partial charge < -0.3 is 11.1 Å². The fourth-order valence-corrected chi connectivity index (χ4v) is 3.09. The zero-order valence-electron chi connectivity index (χ0n) is 12.3. The maximum atomic E-state index is 11.3. The number of rotatable bonds is 6. The molecular weight excluding hydrogens is 391 g/mol. The SMILES string of the molecule is CC(C)CCN=C(N)NCCN1CCS(=O)(=O)CC1.I. The molecule has 8 heteroatoms. The van der Waals surface area contributed by atoms with Crippen LogP contribution in [0.1, 0.15) is 20.3 Å². The van der Waals surface area contributed by atoms with Crippen LogP contribution in [0.3, 0.4) is 0 Å². The van der Waals surface area contributed by atoms with E-state index in [-0.39, 0.29) is 35.5 Å². The summed E-state index contributed by atoms with van der Waals surface area (Å²) in [6.07, 6.45) is 1.03. The second-order valence-electron chi connectivity index (χ2n) is 5.37. The Hall–Kier alpha value is -0.0900. The van der Waals surface area contributed by atoms with Gasteiger partial charge in [-0.3, -0.25) is 9.89 Å². The summed E-state index contributed by atoms with van der Waals surface area (Å²) in [5.74, 6) is 1.65. The first-order chi connectivity index (χ1) is 8.89. The Bertz CT molecular complexity index is 384. The lowest BCUT2D eigenvalue weighted by molar-refractivity contribution is 0.300. The predicted molar refractivity (Wildman–Crippen MR) is 94.5 cm³/mol. The van der Waals surface area contributed by atoms with Crippen LogP contribution in [0.4, 0.5) is 0 Å². The van der Waals surface area contributed by atoms with E-state index in [2.05, 4.69) is 29.1 Å². The molecule has 0 amide bonds. The van der Waals surface area contributed by atoms with E-state index in [9.17, 15) is 8.42 Å². The smallest absolute Gasteiger partial charge is 0.188 e. The van der Waals surface area contributed by atoms with Gasteiger partial charge in [0.2, 0.25) is 0 Å². The molecule has 1 saturated heterocycles. The standard InChI is InChI=1S/C12H26N4O2S.HI/c1-11(2)3-4-14-12(13)15-5-6-16-7-9-19(17,18)10-8-16;/h11H,3-10H2,1-2H3,(H3,13,14,15);1H. The quantitative estimate of drug-likeness (QED) is 0.368. The number of halogens is 1. The van der Waals surface area contributed by atoms with Gasteiger partial charge in [-0.2, -0.15) is 0 Å². The Morgan fingerprint density at radius 1 is 1.35 bits per heavy atom. The largest absolute Gasteiger partial charge is 0.370 e. The van der Waals surface area contributed by atoms with E-state index >= 15 is 0 Å². The van der Waals surface area contributed by atoms with Gasteiger partial charge in [-0.1, -0.05) is 13.8 Å². The van der Waals surface area contributed by atoms with Crippen LogP contribution < -0.4 is 11.1 Å². The molecule has 1 fully saturated rings. The molecule has 0 bridgehead atoms. The molecule has 0 aromatic carbocycles. The molecule has 0 saturated carbocycles. The second-order valence-corrected chi connectivity index (χ2v) is 7.67. The number of nitrogens with two attached hydrogens (primary N) is 1. The van der Waals surface area contributed by atoms with Gasteiger partial charge in [0.15, 0.2) is 15.8 Å². The van der Waals surface area contributed by atoms with E-state index in [4.69, 9.17) is 5.73 Å². The Morgan fingerprint density at radius 2 is 1.95 bits per heavy atom. The van der Waals surface area contributed by atoms with Crippen molar-refractivity contribution < 1.29 is 8.42 Å². The molecule has 0 atom stereocenters. The highest BCUT2D eigenvalue weighted by Crippen LogP contribution is 2.02. The van der Waals surface area contributed by atoms with Crippen molar-refractivity contribution in [1.82, 2.24) is 10.2 Å². The number of nitrogens with one attached hydrogen (secondary N) is 1. The van der Waals surface area contributed by atoms with Gasteiger partial charge in [-0.05, 0) is 12.3 Å². The minimum absolute atomic E-state index is 0. The predicted octanol–water partition coefficient (Wildman–Crippen LogP) is 0.285. The molecule has 3 N–H and O–H groups in total. The van der Waals surface area contributed by atoms with Crippen LogP contribution >= 0.6 is 24.0 Å². The number of sulfone groups is 1. The van der Waals surface area contributed by atoms with Crippen molar-refractivity contribution in [3.05, 3.63) is 0 Å². The third-order valence-corrected chi connectivity index (χ3v) is 4.77. The summed E-state index contributed by atoms with van der Waals surface area (Å²) >= 11 is 0. The lowest BCUT2D eigenvalue weighted by Crippen LogP contribution is -2.44. The number of hydrogen-bond acceptors (Lipinski definition) is 4. The topological polar surface area (TPSA) is 87.8 Å². The highest BCUT2D eigenvalue weighted by atomic mass is 127. The molecule has 1 heterocycles. The van der Waals surface area contributed by atoms with Crippen molar-refractivity contribution in [2.45, 2.75) is 20.3 Å². The van der Waals surface area contributed by atoms with Gasteiger partial charge in [0, 0.05) is 32.7 Å². The Labute approximate surface area is 139 Å². The first kappa shape index (κ1) is 19.9. The molecule has 120 valence electrons. The Morgan fingerprint density at radius 3 is 2.50 bits per heavy atom. The number of hydrogen-bond donors (Lipinski definition) is 2. The highest BCUT2D eigenvalue weighted by Gasteiger charge is 2.20. The average Bonchev–Trinajstić information content (AvgIpc) is 2.31. The van der Waals surface area contributed by atoms with Crippen molar-refractivity contribution in [3.63, 3.8) is 0 Å². The van der Waals surface area contributed by atoms with Crippen LogP contribution in [0.15, 0.2) is 4.99 Å². The van der Waals surface area contributed by atoms with Crippen LogP contribution in [-0.2, 0) is 9.84 Å². The first-order valence-corrected chi connectivity index (χ1v) is 8.68. The summed E-state index contributed by atoms with van der Waals surface area (Å²) in [6, 6.07) is 0. The van der Waals surface area contributed by atoms with E-state index in [1.165, 1.54) is 0 Å². The normalized spacial score (nSPS) is 19.6. The number of aliphatic imine (C=N–C) groups is 1. The molecule has 1 aliphatic heterocycles. The van der Waals surface area contributed by atoms with Crippen molar-refractivity contribution in [2.24, 2.45) is 16.6 Å². The van der Waals surface area contributed by atoms with E-state index in [1.54, 1.807) is 0 Å². The molecule has 6 nitrogen and oxygen atoms in total. The van der Waals surface area contributed by atoms with E-state index in [1.807, 2.05) is 0 Å². The number of guanidine groups is 1. The molecule has 0 spiro atoms. The fraction of sp³-hybridized carbons (Fsp3) is 0.917. The first-order valence-electron chi connectivity index (χ1n) is 6.85.